The third-order valence-electron chi connectivity index (χ3n) is 9.45. The molecule has 0 fully saturated rings. The number of carboxylic acid groups (broad SMARTS) is 1. The molecule has 0 unspecified atom stereocenters. The number of nitrogens with two attached hydrogens (primary N) is 1. The van der Waals surface area contributed by atoms with Crippen molar-refractivity contribution < 1.29 is 52.9 Å². The van der Waals surface area contributed by atoms with E-state index >= 15 is 0 Å². The quantitative estimate of drug-likeness (QED) is 0.0428. The number of aliphatic carboxylic acids is 1. The Morgan fingerprint density at radius 3 is 1.47 bits per heavy atom. The van der Waals surface area contributed by atoms with E-state index in [4.69, 9.17) is 20.3 Å². The van der Waals surface area contributed by atoms with Gasteiger partial charge < -0.3 is 52.2 Å². The van der Waals surface area contributed by atoms with Crippen molar-refractivity contribution in [1.29, 1.82) is 0 Å². The number of ether oxygens (including phenoxy) is 2. The SMILES string of the molecule is CC(C)(C)OC(=O)N[C@@H](CCCCNC(=O)CC(=O)O)C(=O)N[C@@H](Cc1ccccc1)C(=O)N[C@@H](Cc1ccccc1)C(=O)N[C@@H](CCCCNC(=O)OCc1ccccc1)C(N)=O. The lowest BCUT2D eigenvalue weighted by Gasteiger charge is -2.27. The van der Waals surface area contributed by atoms with Gasteiger partial charge >= 0.3 is 18.2 Å². The number of hydrogen-bond acceptors (Lipinski definition) is 10. The van der Waals surface area contributed by atoms with Crippen molar-refractivity contribution in [2.45, 2.75) is 115 Å². The number of carboxylic acids is 1. The number of primary amides is 1. The van der Waals surface area contributed by atoms with Crippen LogP contribution in [0.3, 0.4) is 0 Å². The van der Waals surface area contributed by atoms with Crippen molar-refractivity contribution >= 4 is 47.7 Å². The molecule has 64 heavy (non-hydrogen) atoms. The van der Waals surface area contributed by atoms with E-state index in [-0.39, 0.29) is 45.4 Å². The van der Waals surface area contributed by atoms with Crippen molar-refractivity contribution in [1.82, 2.24) is 31.9 Å². The van der Waals surface area contributed by atoms with E-state index in [1.807, 2.05) is 30.3 Å². The molecule has 9 N–H and O–H groups in total. The molecule has 0 aliphatic rings. The van der Waals surface area contributed by atoms with Crippen LogP contribution in [-0.2, 0) is 57.7 Å². The minimum atomic E-state index is -1.27. The van der Waals surface area contributed by atoms with Crippen LogP contribution in [-0.4, -0.2) is 95.7 Å². The van der Waals surface area contributed by atoms with Crippen molar-refractivity contribution in [3.05, 3.63) is 108 Å². The van der Waals surface area contributed by atoms with E-state index in [1.54, 1.807) is 81.4 Å². The number of hydrogen-bond donors (Lipinski definition) is 8. The first kappa shape index (κ1) is 51.4. The van der Waals surface area contributed by atoms with Gasteiger partial charge in [-0.2, -0.15) is 0 Å². The van der Waals surface area contributed by atoms with Gasteiger partial charge in [-0.25, -0.2) is 9.59 Å². The van der Waals surface area contributed by atoms with E-state index in [1.165, 1.54) is 0 Å². The second-order valence-electron chi connectivity index (χ2n) is 16.1. The summed E-state index contributed by atoms with van der Waals surface area (Å²) in [6, 6.07) is 22.1. The molecule has 0 spiro atoms. The Labute approximate surface area is 373 Å². The Balaban J connectivity index is 1.74. The second kappa shape index (κ2) is 27.2. The third-order valence-corrected chi connectivity index (χ3v) is 9.45. The number of carbonyl (C=O) groups excluding carboxylic acids is 7. The molecule has 0 aliphatic heterocycles. The Morgan fingerprint density at radius 2 is 1.00 bits per heavy atom. The number of amides is 7. The van der Waals surface area contributed by atoms with Gasteiger partial charge in [0.05, 0.1) is 0 Å². The van der Waals surface area contributed by atoms with Crippen LogP contribution in [0.15, 0.2) is 91.0 Å². The number of benzene rings is 3. The zero-order chi connectivity index (χ0) is 46.9. The molecular formula is C46H61N7O11. The van der Waals surface area contributed by atoms with Gasteiger partial charge in [0.1, 0.15) is 42.8 Å². The van der Waals surface area contributed by atoms with Gasteiger partial charge in [-0.3, -0.25) is 28.8 Å². The van der Waals surface area contributed by atoms with Gasteiger partial charge in [0.15, 0.2) is 0 Å². The number of rotatable bonds is 26. The van der Waals surface area contributed by atoms with Crippen LogP contribution in [0.25, 0.3) is 0 Å². The van der Waals surface area contributed by atoms with Gasteiger partial charge in [-0.15, -0.1) is 0 Å². The molecule has 0 bridgehead atoms. The molecule has 3 rings (SSSR count). The maximum atomic E-state index is 14.3. The summed E-state index contributed by atoms with van der Waals surface area (Å²) in [6.45, 7) is 5.44. The van der Waals surface area contributed by atoms with Gasteiger partial charge in [-0.05, 0) is 76.0 Å². The second-order valence-corrected chi connectivity index (χ2v) is 16.1. The fourth-order valence-corrected chi connectivity index (χ4v) is 6.28. The Kier molecular flexibility index (Phi) is 21.8. The molecule has 7 amide bonds. The fourth-order valence-electron chi connectivity index (χ4n) is 6.28. The minimum Gasteiger partial charge on any atom is -0.481 e. The summed E-state index contributed by atoms with van der Waals surface area (Å²) in [4.78, 5) is 102. The number of alkyl carbamates (subject to hydrolysis) is 2. The Hall–Kier alpha value is -6.98. The Morgan fingerprint density at radius 1 is 0.562 bits per heavy atom. The summed E-state index contributed by atoms with van der Waals surface area (Å²) in [6.07, 6.45) is -0.499. The minimum absolute atomic E-state index is 0.00932. The van der Waals surface area contributed by atoms with Crippen molar-refractivity contribution in [2.24, 2.45) is 5.73 Å². The highest BCUT2D eigenvalue weighted by atomic mass is 16.6. The predicted molar refractivity (Wildman–Crippen MR) is 236 cm³/mol. The molecule has 0 aliphatic carbocycles. The first-order valence-corrected chi connectivity index (χ1v) is 21.2. The first-order valence-electron chi connectivity index (χ1n) is 21.2. The molecule has 0 heterocycles. The molecule has 3 aromatic rings. The van der Waals surface area contributed by atoms with Crippen LogP contribution < -0.4 is 37.6 Å². The Bertz CT molecular complexity index is 1980. The summed E-state index contributed by atoms with van der Waals surface area (Å²) < 4.78 is 10.6. The van der Waals surface area contributed by atoms with Crippen molar-refractivity contribution in [3.63, 3.8) is 0 Å². The van der Waals surface area contributed by atoms with Crippen molar-refractivity contribution in [3.8, 4) is 0 Å². The van der Waals surface area contributed by atoms with E-state index < -0.39 is 83.9 Å². The molecule has 0 aromatic heterocycles. The summed E-state index contributed by atoms with van der Waals surface area (Å²) in [5, 5.41) is 24.7. The molecule has 3 aromatic carbocycles. The van der Waals surface area contributed by atoms with Crippen LogP contribution >= 0.6 is 0 Å². The number of carbonyl (C=O) groups is 8. The monoisotopic (exact) mass is 887 g/mol. The summed E-state index contributed by atoms with van der Waals surface area (Å²) in [5.74, 6) is -4.90. The lowest BCUT2D eigenvalue weighted by molar-refractivity contribution is -0.140. The fraction of sp³-hybridized carbons (Fsp3) is 0.435. The molecule has 0 saturated carbocycles. The third kappa shape index (κ3) is 21.2. The van der Waals surface area contributed by atoms with Gasteiger partial charge in [-0.1, -0.05) is 91.0 Å². The lowest BCUT2D eigenvalue weighted by atomic mass is 10.0. The molecule has 4 atom stereocenters. The van der Waals surface area contributed by atoms with Crippen LogP contribution in [0.5, 0.6) is 0 Å². The normalized spacial score (nSPS) is 12.8. The van der Waals surface area contributed by atoms with E-state index in [0.29, 0.717) is 36.8 Å². The standard InChI is InChI=1S/C46H61N7O11/c1-46(2,3)64-45(62)53-35(24-14-15-25-48-38(54)29-39(55)56)41(58)51-37(28-32-19-9-5-10-20-32)43(60)52-36(27-31-17-7-4-8-18-31)42(59)50-34(40(47)57)23-13-16-26-49-44(61)63-30-33-21-11-6-12-22-33/h4-12,17-22,34-37H,13-16,23-30H2,1-3H3,(H2,47,57)(H,48,54)(H,49,61)(H,50,59)(H,51,58)(H,52,60)(H,53,62)(H,55,56)/t34-,35-,36-,37-/m0/s1. The molecule has 18 heteroatoms. The van der Waals surface area contributed by atoms with Crippen molar-refractivity contribution in [2.75, 3.05) is 13.1 Å². The number of nitrogens with one attached hydrogen (secondary N) is 6. The highest BCUT2D eigenvalue weighted by Gasteiger charge is 2.32. The number of unbranched alkanes of at least 4 members (excludes halogenated alkanes) is 2. The highest BCUT2D eigenvalue weighted by Crippen LogP contribution is 2.12. The molecule has 0 radical (unpaired) electrons. The molecule has 18 nitrogen and oxygen atoms in total. The van der Waals surface area contributed by atoms with Crippen LogP contribution in [0.1, 0.15) is 82.4 Å². The zero-order valence-corrected chi connectivity index (χ0v) is 36.6. The molecular weight excluding hydrogens is 827 g/mol. The predicted octanol–water partition coefficient (Wildman–Crippen LogP) is 3.16. The maximum absolute atomic E-state index is 14.3. The summed E-state index contributed by atoms with van der Waals surface area (Å²) in [5.41, 5.74) is 7.01. The lowest BCUT2D eigenvalue weighted by Crippen LogP contribution is -2.59. The maximum Gasteiger partial charge on any atom is 0.408 e. The average Bonchev–Trinajstić information content (AvgIpc) is 3.24. The van der Waals surface area contributed by atoms with Crippen LogP contribution in [0.2, 0.25) is 0 Å². The first-order chi connectivity index (χ1) is 30.5. The molecule has 0 saturated heterocycles. The topological polar surface area (TPSA) is 273 Å². The summed E-state index contributed by atoms with van der Waals surface area (Å²) in [7, 11) is 0. The van der Waals surface area contributed by atoms with Crippen LogP contribution in [0.4, 0.5) is 9.59 Å². The average molecular weight is 888 g/mol. The van der Waals surface area contributed by atoms with Gasteiger partial charge in [0, 0.05) is 25.9 Å². The zero-order valence-electron chi connectivity index (χ0n) is 36.6. The summed E-state index contributed by atoms with van der Waals surface area (Å²) >= 11 is 0. The van der Waals surface area contributed by atoms with Crippen LogP contribution in [0, 0.1) is 0 Å². The van der Waals surface area contributed by atoms with E-state index in [0.717, 1.165) is 5.56 Å². The highest BCUT2D eigenvalue weighted by molar-refractivity contribution is 5.95. The van der Waals surface area contributed by atoms with E-state index in [2.05, 4.69) is 31.9 Å². The van der Waals surface area contributed by atoms with Gasteiger partial charge in [0.25, 0.3) is 0 Å². The molecule has 346 valence electrons. The smallest absolute Gasteiger partial charge is 0.408 e. The largest absolute Gasteiger partial charge is 0.481 e. The van der Waals surface area contributed by atoms with Gasteiger partial charge in [0.2, 0.25) is 29.5 Å². The van der Waals surface area contributed by atoms with E-state index in [9.17, 15) is 38.4 Å².